The van der Waals surface area contributed by atoms with E-state index in [1.807, 2.05) is 23.8 Å². The maximum atomic E-state index is 12.1. The first-order chi connectivity index (χ1) is 10.1. The summed E-state index contributed by atoms with van der Waals surface area (Å²) >= 11 is 0. The van der Waals surface area contributed by atoms with Gasteiger partial charge < -0.3 is 19.7 Å². The molecule has 6 nitrogen and oxygen atoms in total. The number of ether oxygens (including phenoxy) is 1. The molecule has 0 fully saturated rings. The Labute approximate surface area is 122 Å². The van der Waals surface area contributed by atoms with Crippen molar-refractivity contribution in [3.05, 3.63) is 48.3 Å². The second-order valence-electron chi connectivity index (χ2n) is 4.34. The van der Waals surface area contributed by atoms with Gasteiger partial charge in [0.2, 0.25) is 0 Å². The molecule has 2 aromatic rings. The van der Waals surface area contributed by atoms with Crippen molar-refractivity contribution in [3.8, 4) is 5.75 Å². The molecule has 6 heteroatoms. The van der Waals surface area contributed by atoms with Crippen LogP contribution in [0.5, 0.6) is 5.75 Å². The fraction of sp³-hybridized carbons (Fsp3) is 0.200. The van der Waals surface area contributed by atoms with Crippen LogP contribution in [-0.4, -0.2) is 28.2 Å². The molecule has 110 valence electrons. The average molecular weight is 288 g/mol. The summed E-state index contributed by atoms with van der Waals surface area (Å²) in [7, 11) is 0. The minimum atomic E-state index is -1.03. The van der Waals surface area contributed by atoms with Crippen LogP contribution in [0.4, 0.5) is 5.69 Å². The quantitative estimate of drug-likeness (QED) is 0.854. The van der Waals surface area contributed by atoms with Crippen LogP contribution in [0.1, 0.15) is 17.4 Å². The molecule has 1 aromatic heterocycles. The van der Waals surface area contributed by atoms with Crippen molar-refractivity contribution in [1.82, 2.24) is 4.57 Å². The number of aromatic nitrogens is 1. The molecule has 1 heterocycles. The van der Waals surface area contributed by atoms with Crippen LogP contribution in [0.2, 0.25) is 0 Å². The lowest BCUT2D eigenvalue weighted by atomic mass is 10.3. The molecule has 0 saturated heterocycles. The maximum absolute atomic E-state index is 12.1. The molecule has 2 N–H and O–H groups in total. The summed E-state index contributed by atoms with van der Waals surface area (Å²) < 4.78 is 6.87. The lowest BCUT2D eigenvalue weighted by Crippen LogP contribution is -2.16. The second kappa shape index (κ2) is 6.60. The van der Waals surface area contributed by atoms with Crippen LogP contribution in [-0.2, 0) is 11.3 Å². The van der Waals surface area contributed by atoms with Crippen molar-refractivity contribution in [1.29, 1.82) is 0 Å². The molecule has 21 heavy (non-hydrogen) atoms. The minimum Gasteiger partial charge on any atom is -0.482 e. The van der Waals surface area contributed by atoms with E-state index >= 15 is 0 Å². The molecule has 1 amide bonds. The standard InChI is InChI=1S/C15H16N2O4/c1-2-17-9-3-4-13(17)15(20)16-11-5-7-12(8-6-11)21-10-14(18)19/h3-9H,2,10H2,1H3,(H,16,20)(H,18,19). The third-order valence-electron chi connectivity index (χ3n) is 2.88. The number of rotatable bonds is 6. The fourth-order valence-corrected chi connectivity index (χ4v) is 1.87. The van der Waals surface area contributed by atoms with E-state index in [-0.39, 0.29) is 5.91 Å². The van der Waals surface area contributed by atoms with Gasteiger partial charge in [-0.2, -0.15) is 0 Å². The van der Waals surface area contributed by atoms with Crippen molar-refractivity contribution >= 4 is 17.6 Å². The zero-order valence-electron chi connectivity index (χ0n) is 11.6. The molecular formula is C15H16N2O4. The summed E-state index contributed by atoms with van der Waals surface area (Å²) in [6.07, 6.45) is 1.84. The molecular weight excluding hydrogens is 272 g/mol. The average Bonchev–Trinajstić information content (AvgIpc) is 2.95. The van der Waals surface area contributed by atoms with Gasteiger partial charge in [0.25, 0.3) is 5.91 Å². The van der Waals surface area contributed by atoms with Crippen molar-refractivity contribution < 1.29 is 19.4 Å². The summed E-state index contributed by atoms with van der Waals surface area (Å²) in [4.78, 5) is 22.5. The van der Waals surface area contributed by atoms with E-state index in [0.717, 1.165) is 6.54 Å². The lowest BCUT2D eigenvalue weighted by molar-refractivity contribution is -0.139. The molecule has 2 rings (SSSR count). The van der Waals surface area contributed by atoms with Crippen molar-refractivity contribution in [2.24, 2.45) is 0 Å². The maximum Gasteiger partial charge on any atom is 0.341 e. The van der Waals surface area contributed by atoms with Gasteiger partial charge in [-0.05, 0) is 43.3 Å². The summed E-state index contributed by atoms with van der Waals surface area (Å²) in [6.45, 7) is 2.29. The van der Waals surface area contributed by atoms with Gasteiger partial charge in [-0.3, -0.25) is 4.79 Å². The number of aliphatic carboxylic acids is 1. The van der Waals surface area contributed by atoms with E-state index in [0.29, 0.717) is 17.1 Å². The van der Waals surface area contributed by atoms with Gasteiger partial charge in [0, 0.05) is 18.4 Å². The number of aryl methyl sites for hydroxylation is 1. The van der Waals surface area contributed by atoms with Crippen LogP contribution in [0.15, 0.2) is 42.6 Å². The van der Waals surface area contributed by atoms with E-state index in [1.54, 1.807) is 30.3 Å². The Morgan fingerprint density at radius 3 is 2.57 bits per heavy atom. The highest BCUT2D eigenvalue weighted by atomic mass is 16.5. The highest BCUT2D eigenvalue weighted by molar-refractivity contribution is 6.03. The van der Waals surface area contributed by atoms with Crippen LogP contribution in [0, 0.1) is 0 Å². The number of carbonyl (C=O) groups excluding carboxylic acids is 1. The molecule has 0 bridgehead atoms. The number of amides is 1. The van der Waals surface area contributed by atoms with Gasteiger partial charge in [-0.1, -0.05) is 0 Å². The summed E-state index contributed by atoms with van der Waals surface area (Å²) in [6, 6.07) is 10.1. The first-order valence-electron chi connectivity index (χ1n) is 6.51. The number of carboxylic acid groups (broad SMARTS) is 1. The molecule has 0 aliphatic carbocycles. The molecule has 0 unspecified atom stereocenters. The predicted molar refractivity (Wildman–Crippen MR) is 77.6 cm³/mol. The lowest BCUT2D eigenvalue weighted by Gasteiger charge is -2.09. The third-order valence-corrected chi connectivity index (χ3v) is 2.88. The van der Waals surface area contributed by atoms with Gasteiger partial charge >= 0.3 is 5.97 Å². The number of nitrogens with zero attached hydrogens (tertiary/aromatic N) is 1. The fourth-order valence-electron chi connectivity index (χ4n) is 1.87. The molecule has 0 atom stereocenters. The van der Waals surface area contributed by atoms with Crippen LogP contribution >= 0.6 is 0 Å². The first kappa shape index (κ1) is 14.6. The first-order valence-corrected chi connectivity index (χ1v) is 6.51. The Hall–Kier alpha value is -2.76. The molecule has 0 aliphatic heterocycles. The number of nitrogens with one attached hydrogen (secondary N) is 1. The monoisotopic (exact) mass is 288 g/mol. The van der Waals surface area contributed by atoms with Crippen molar-refractivity contribution in [2.75, 3.05) is 11.9 Å². The number of carboxylic acids is 1. The Bertz CT molecular complexity index is 631. The smallest absolute Gasteiger partial charge is 0.341 e. The second-order valence-corrected chi connectivity index (χ2v) is 4.34. The Morgan fingerprint density at radius 1 is 1.24 bits per heavy atom. The minimum absolute atomic E-state index is 0.193. The molecule has 0 aliphatic rings. The van der Waals surface area contributed by atoms with Crippen molar-refractivity contribution in [3.63, 3.8) is 0 Å². The number of benzene rings is 1. The van der Waals surface area contributed by atoms with Crippen LogP contribution in [0.3, 0.4) is 0 Å². The normalized spacial score (nSPS) is 10.1. The number of hydrogen-bond donors (Lipinski definition) is 2. The van der Waals surface area contributed by atoms with E-state index in [9.17, 15) is 9.59 Å². The number of hydrogen-bond acceptors (Lipinski definition) is 3. The molecule has 0 saturated carbocycles. The third kappa shape index (κ3) is 3.85. The van der Waals surface area contributed by atoms with E-state index in [4.69, 9.17) is 9.84 Å². The summed E-state index contributed by atoms with van der Waals surface area (Å²) in [5.74, 6) is -0.791. The summed E-state index contributed by atoms with van der Waals surface area (Å²) in [5, 5.41) is 11.3. The van der Waals surface area contributed by atoms with Gasteiger partial charge in [0.15, 0.2) is 6.61 Å². The Kier molecular flexibility index (Phi) is 4.61. The number of anilines is 1. The Morgan fingerprint density at radius 2 is 1.95 bits per heavy atom. The zero-order chi connectivity index (χ0) is 15.2. The van der Waals surface area contributed by atoms with E-state index in [1.165, 1.54) is 0 Å². The molecule has 1 aromatic carbocycles. The van der Waals surface area contributed by atoms with Gasteiger partial charge in [-0.15, -0.1) is 0 Å². The topological polar surface area (TPSA) is 80.6 Å². The van der Waals surface area contributed by atoms with E-state index < -0.39 is 12.6 Å². The van der Waals surface area contributed by atoms with Crippen molar-refractivity contribution in [2.45, 2.75) is 13.5 Å². The van der Waals surface area contributed by atoms with Gasteiger partial charge in [0.05, 0.1) is 0 Å². The zero-order valence-corrected chi connectivity index (χ0v) is 11.6. The largest absolute Gasteiger partial charge is 0.482 e. The molecule has 0 radical (unpaired) electrons. The highest BCUT2D eigenvalue weighted by Gasteiger charge is 2.10. The van der Waals surface area contributed by atoms with Gasteiger partial charge in [0.1, 0.15) is 11.4 Å². The molecule has 0 spiro atoms. The van der Waals surface area contributed by atoms with Gasteiger partial charge in [-0.25, -0.2) is 4.79 Å². The SMILES string of the molecule is CCn1cccc1C(=O)Nc1ccc(OCC(=O)O)cc1. The van der Waals surface area contributed by atoms with Crippen LogP contribution < -0.4 is 10.1 Å². The van der Waals surface area contributed by atoms with E-state index in [2.05, 4.69) is 5.32 Å². The highest BCUT2D eigenvalue weighted by Crippen LogP contribution is 2.16. The summed E-state index contributed by atoms with van der Waals surface area (Å²) in [5.41, 5.74) is 1.20. The Balaban J connectivity index is 2.00. The number of carbonyl (C=O) groups is 2. The predicted octanol–water partition coefficient (Wildman–Crippen LogP) is 2.22. The van der Waals surface area contributed by atoms with Crippen LogP contribution in [0.25, 0.3) is 0 Å².